The average molecular weight is 787 g/mol. The predicted molar refractivity (Wildman–Crippen MR) is 221 cm³/mol. The lowest BCUT2D eigenvalue weighted by Gasteiger charge is -2.11. The number of carbonyl (C=O) groups excluding carboxylic acids is 5. The molecule has 8 nitrogen and oxygen atoms in total. The number of hydrogen-bond donors (Lipinski definition) is 0. The number of thiophene rings is 2. The van der Waals surface area contributed by atoms with E-state index in [2.05, 4.69) is 0 Å². The highest BCUT2D eigenvalue weighted by Gasteiger charge is 2.34. The zero-order valence-corrected chi connectivity index (χ0v) is 31.7. The maximum atomic E-state index is 14.4. The van der Waals surface area contributed by atoms with E-state index in [1.54, 1.807) is 42.5 Å². The number of rotatable bonds is 8. The Balaban J connectivity index is 1.25. The molecule has 1 aliphatic heterocycles. The van der Waals surface area contributed by atoms with Crippen molar-refractivity contribution in [1.82, 2.24) is 0 Å². The molecule has 9 rings (SSSR count). The second-order valence-electron chi connectivity index (χ2n) is 13.5. The van der Waals surface area contributed by atoms with Crippen molar-refractivity contribution in [2.45, 2.75) is 13.2 Å². The van der Waals surface area contributed by atoms with Gasteiger partial charge >= 0.3 is 11.9 Å². The minimum absolute atomic E-state index is 0.0163. The summed E-state index contributed by atoms with van der Waals surface area (Å²) < 4.78 is 18.7. The first-order valence-electron chi connectivity index (χ1n) is 18.1. The van der Waals surface area contributed by atoms with Crippen molar-refractivity contribution in [2.24, 2.45) is 0 Å². The molecule has 5 aromatic carbocycles. The highest BCUT2D eigenvalue weighted by atomic mass is 32.1. The summed E-state index contributed by atoms with van der Waals surface area (Å²) in [4.78, 5) is 69.0. The fourth-order valence-corrected chi connectivity index (χ4v) is 9.56. The SMILES string of the molecule is O=C1C(=O)c2ccccc2/C1=C/c1cc2c(C(=O)OCc3ccccc3)c3sc(/C=C4\COCC(=O)c5ccccc54)cc3c(C(=O)OCc3ccccc3)c2s1. The first kappa shape index (κ1) is 36.1. The lowest BCUT2D eigenvalue weighted by Crippen LogP contribution is -2.10. The topological polar surface area (TPSA) is 113 Å². The third-order valence-corrected chi connectivity index (χ3v) is 12.1. The van der Waals surface area contributed by atoms with Gasteiger partial charge in [-0.05, 0) is 52.1 Å². The van der Waals surface area contributed by atoms with Crippen LogP contribution in [0.1, 0.15) is 73.4 Å². The molecular formula is C47H30O8S2. The van der Waals surface area contributed by atoms with E-state index < -0.39 is 23.5 Å². The van der Waals surface area contributed by atoms with Gasteiger partial charge in [-0.1, -0.05) is 109 Å². The normalized spacial score (nSPS) is 15.3. The van der Waals surface area contributed by atoms with E-state index in [0.29, 0.717) is 46.6 Å². The second kappa shape index (κ2) is 15.2. The summed E-state index contributed by atoms with van der Waals surface area (Å²) in [6, 6.07) is 36.5. The summed E-state index contributed by atoms with van der Waals surface area (Å²) in [7, 11) is 0. The van der Waals surface area contributed by atoms with Crippen molar-refractivity contribution in [2.75, 3.05) is 13.2 Å². The van der Waals surface area contributed by atoms with Crippen LogP contribution < -0.4 is 0 Å². The van der Waals surface area contributed by atoms with Crippen LogP contribution in [0.15, 0.2) is 121 Å². The van der Waals surface area contributed by atoms with E-state index in [9.17, 15) is 24.0 Å². The van der Waals surface area contributed by atoms with Gasteiger partial charge < -0.3 is 14.2 Å². The molecule has 0 spiro atoms. The maximum Gasteiger partial charge on any atom is 0.340 e. The molecule has 278 valence electrons. The van der Waals surface area contributed by atoms with Crippen LogP contribution in [0.3, 0.4) is 0 Å². The number of ether oxygens (including phenoxy) is 3. The van der Waals surface area contributed by atoms with Gasteiger partial charge in [0.15, 0.2) is 5.78 Å². The van der Waals surface area contributed by atoms with Crippen molar-refractivity contribution in [3.8, 4) is 0 Å². The Labute approximate surface area is 334 Å². The summed E-state index contributed by atoms with van der Waals surface area (Å²) in [6.07, 6.45) is 3.56. The number of allylic oxidation sites excluding steroid dienone is 1. The number of hydrogen-bond acceptors (Lipinski definition) is 10. The highest BCUT2D eigenvalue weighted by Crippen LogP contribution is 2.45. The van der Waals surface area contributed by atoms with E-state index in [-0.39, 0.29) is 48.9 Å². The van der Waals surface area contributed by atoms with E-state index in [1.807, 2.05) is 91.0 Å². The van der Waals surface area contributed by atoms with Crippen LogP contribution in [0.4, 0.5) is 0 Å². The van der Waals surface area contributed by atoms with Gasteiger partial charge in [-0.2, -0.15) is 0 Å². The van der Waals surface area contributed by atoms with Gasteiger partial charge in [-0.15, -0.1) is 22.7 Å². The van der Waals surface area contributed by atoms with Crippen LogP contribution in [0, 0.1) is 0 Å². The zero-order valence-electron chi connectivity index (χ0n) is 30.1. The molecule has 0 radical (unpaired) electrons. The average Bonchev–Trinajstić information content (AvgIpc) is 3.88. The minimum atomic E-state index is -0.622. The summed E-state index contributed by atoms with van der Waals surface area (Å²) in [6.45, 7) is 0.174. The number of ketones is 3. The largest absolute Gasteiger partial charge is 0.457 e. The van der Waals surface area contributed by atoms with Gasteiger partial charge in [0.25, 0.3) is 0 Å². The third-order valence-electron chi connectivity index (χ3n) is 9.91. The molecule has 0 fully saturated rings. The van der Waals surface area contributed by atoms with Crippen molar-refractivity contribution >= 4 is 95.4 Å². The van der Waals surface area contributed by atoms with Gasteiger partial charge in [0.1, 0.15) is 19.8 Å². The number of Topliss-reactive ketones (excluding diaryl/α,β-unsaturated/α-hetero) is 3. The second-order valence-corrected chi connectivity index (χ2v) is 15.7. The number of benzene rings is 5. The zero-order chi connectivity index (χ0) is 39.0. The quantitative estimate of drug-likeness (QED) is 0.0850. The lowest BCUT2D eigenvalue weighted by atomic mass is 9.97. The Kier molecular flexibility index (Phi) is 9.59. The maximum absolute atomic E-state index is 14.4. The van der Waals surface area contributed by atoms with Gasteiger partial charge in [0.2, 0.25) is 11.6 Å². The molecule has 0 N–H and O–H groups in total. The summed E-state index contributed by atoms with van der Waals surface area (Å²) in [5, 5.41) is 0.936. The van der Waals surface area contributed by atoms with E-state index in [0.717, 1.165) is 22.3 Å². The summed E-state index contributed by atoms with van der Waals surface area (Å²) in [5.41, 5.74) is 5.30. The molecule has 0 bridgehead atoms. The van der Waals surface area contributed by atoms with Crippen LogP contribution in [-0.2, 0) is 32.2 Å². The van der Waals surface area contributed by atoms with Crippen LogP contribution >= 0.6 is 22.7 Å². The molecule has 3 heterocycles. The number of esters is 2. The molecular weight excluding hydrogens is 757 g/mol. The first-order chi connectivity index (χ1) is 27.8. The van der Waals surface area contributed by atoms with Gasteiger partial charge in [-0.3, -0.25) is 14.4 Å². The number of carbonyl (C=O) groups is 5. The molecule has 2 aromatic heterocycles. The van der Waals surface area contributed by atoms with Crippen LogP contribution in [-0.4, -0.2) is 42.5 Å². The predicted octanol–water partition coefficient (Wildman–Crippen LogP) is 9.89. The Morgan fingerprint density at radius 1 is 0.561 bits per heavy atom. The Bertz CT molecular complexity index is 2750. The number of fused-ring (bicyclic) bond motifs is 4. The first-order valence-corrected chi connectivity index (χ1v) is 19.7. The fourth-order valence-electron chi connectivity index (χ4n) is 7.22. The molecule has 0 atom stereocenters. The lowest BCUT2D eigenvalue weighted by molar-refractivity contribution is -0.109. The Hall–Kier alpha value is -6.59. The summed E-state index contributed by atoms with van der Waals surface area (Å²) >= 11 is 2.53. The Morgan fingerprint density at radius 2 is 1.05 bits per heavy atom. The third kappa shape index (κ3) is 6.84. The van der Waals surface area contributed by atoms with Crippen molar-refractivity contribution in [1.29, 1.82) is 0 Å². The molecule has 7 aromatic rings. The van der Waals surface area contributed by atoms with Crippen LogP contribution in [0.5, 0.6) is 0 Å². The molecule has 10 heteroatoms. The highest BCUT2D eigenvalue weighted by molar-refractivity contribution is 7.22. The van der Waals surface area contributed by atoms with Gasteiger partial charge in [0, 0.05) is 37.2 Å². The van der Waals surface area contributed by atoms with Crippen LogP contribution in [0.25, 0.3) is 43.5 Å². The molecule has 0 saturated carbocycles. The molecule has 0 saturated heterocycles. The van der Waals surface area contributed by atoms with E-state index in [1.165, 1.54) is 22.7 Å². The molecule has 57 heavy (non-hydrogen) atoms. The molecule has 0 amide bonds. The van der Waals surface area contributed by atoms with Gasteiger partial charge in [-0.25, -0.2) is 9.59 Å². The minimum Gasteiger partial charge on any atom is -0.457 e. The standard InChI is InChI=1S/C47H30O8S2/c48-39-26-53-25-29(32-15-7-9-17-34(32)39)19-30-21-37-40(46(51)54-23-27-11-3-1-4-12-27)45-38(41(44(37)56-30)47(52)55-24-28-13-5-2-6-14-28)22-31(57-45)20-36-33-16-8-10-18-35(33)42(49)43(36)50/h1-22H,23-26H2/b29-19+,36-20-. The van der Waals surface area contributed by atoms with Crippen molar-refractivity contribution < 1.29 is 38.2 Å². The van der Waals surface area contributed by atoms with Crippen molar-refractivity contribution in [3.05, 3.63) is 176 Å². The monoisotopic (exact) mass is 786 g/mol. The molecule has 1 aliphatic carbocycles. The summed E-state index contributed by atoms with van der Waals surface area (Å²) in [5.74, 6) is -2.51. The Morgan fingerprint density at radius 3 is 1.63 bits per heavy atom. The van der Waals surface area contributed by atoms with Gasteiger partial charge in [0.05, 0.1) is 27.1 Å². The smallest absolute Gasteiger partial charge is 0.340 e. The molecule has 2 aliphatic rings. The van der Waals surface area contributed by atoms with Crippen molar-refractivity contribution in [3.63, 3.8) is 0 Å². The fraction of sp³-hybridized carbons (Fsp3) is 0.0851. The van der Waals surface area contributed by atoms with E-state index in [4.69, 9.17) is 14.2 Å². The molecule has 0 unspecified atom stereocenters. The van der Waals surface area contributed by atoms with Crippen LogP contribution in [0.2, 0.25) is 0 Å². The van der Waals surface area contributed by atoms with E-state index >= 15 is 0 Å².